The molecule has 1 amide bonds. The minimum Gasteiger partial charge on any atom is -0.497 e. The van der Waals surface area contributed by atoms with Gasteiger partial charge in [0.15, 0.2) is 0 Å². The van der Waals surface area contributed by atoms with Crippen molar-refractivity contribution >= 4 is 17.5 Å². The molecule has 2 aromatic carbocycles. The highest BCUT2D eigenvalue weighted by Gasteiger charge is 2.33. The van der Waals surface area contributed by atoms with Crippen molar-refractivity contribution in [3.8, 4) is 11.5 Å². The van der Waals surface area contributed by atoms with E-state index >= 15 is 0 Å². The summed E-state index contributed by atoms with van der Waals surface area (Å²) in [5, 5.41) is 10.5. The number of carbonyl (C=O) groups is 1. The molecule has 1 aliphatic rings. The van der Waals surface area contributed by atoms with Crippen molar-refractivity contribution in [3.05, 3.63) is 71.7 Å². The number of para-hydroxylation sites is 2. The van der Waals surface area contributed by atoms with Crippen LogP contribution in [-0.4, -0.2) is 34.4 Å². The summed E-state index contributed by atoms with van der Waals surface area (Å²) in [5.41, 5.74) is 2.77. The van der Waals surface area contributed by atoms with E-state index in [-0.39, 0.29) is 5.91 Å². The number of rotatable bonds is 6. The maximum atomic E-state index is 13.4. The highest BCUT2D eigenvalue weighted by Crippen LogP contribution is 2.36. The lowest BCUT2D eigenvalue weighted by molar-refractivity contribution is -0.113. The first kappa shape index (κ1) is 19.5. The van der Waals surface area contributed by atoms with Crippen LogP contribution in [0.5, 0.6) is 11.5 Å². The monoisotopic (exact) mass is 405 g/mol. The fourth-order valence-corrected chi connectivity index (χ4v) is 3.52. The summed E-state index contributed by atoms with van der Waals surface area (Å²) < 4.78 is 12.6. The minimum absolute atomic E-state index is 0.242. The third-order valence-electron chi connectivity index (χ3n) is 4.91. The number of hydrogen-bond acceptors (Lipinski definition) is 6. The number of hydrogen-bond donors (Lipinski definition) is 2. The van der Waals surface area contributed by atoms with Gasteiger partial charge in [-0.25, -0.2) is 4.68 Å². The standard InChI is InChI=1S/C22H23N5O3/c1-4-30-18-8-6-5-7-17(18)26-21(28)19-14(2)25-22-23-13-24-27(22)20(19)15-9-11-16(29-3)12-10-15/h5-13,20H,4H2,1-3H3,(H,26,28)(H,23,24,25)/t20-/m1/s1. The van der Waals surface area contributed by atoms with Crippen LogP contribution in [0.4, 0.5) is 11.6 Å². The summed E-state index contributed by atoms with van der Waals surface area (Å²) in [4.78, 5) is 17.7. The second kappa shape index (κ2) is 8.28. The topological polar surface area (TPSA) is 90.3 Å². The van der Waals surface area contributed by atoms with Crippen LogP contribution in [0.2, 0.25) is 0 Å². The van der Waals surface area contributed by atoms with Gasteiger partial charge in [-0.3, -0.25) is 4.79 Å². The van der Waals surface area contributed by atoms with Gasteiger partial charge in [0.1, 0.15) is 23.9 Å². The minimum atomic E-state index is -0.436. The number of allylic oxidation sites excluding steroid dienone is 1. The molecule has 0 radical (unpaired) electrons. The van der Waals surface area contributed by atoms with Crippen molar-refractivity contribution in [2.45, 2.75) is 19.9 Å². The van der Waals surface area contributed by atoms with Crippen LogP contribution in [0.3, 0.4) is 0 Å². The Balaban J connectivity index is 1.73. The lowest BCUT2D eigenvalue weighted by Crippen LogP contribution is -2.31. The zero-order valence-corrected chi connectivity index (χ0v) is 17.0. The number of benzene rings is 2. The lowest BCUT2D eigenvalue weighted by Gasteiger charge is -2.29. The van der Waals surface area contributed by atoms with Crippen LogP contribution in [0.25, 0.3) is 0 Å². The maximum absolute atomic E-state index is 13.4. The van der Waals surface area contributed by atoms with Crippen molar-refractivity contribution in [1.29, 1.82) is 0 Å². The normalized spacial score (nSPS) is 15.2. The van der Waals surface area contributed by atoms with Crippen LogP contribution in [0.15, 0.2) is 66.1 Å². The number of ether oxygens (including phenoxy) is 2. The number of aromatic nitrogens is 3. The zero-order valence-electron chi connectivity index (χ0n) is 17.0. The molecule has 0 spiro atoms. The van der Waals surface area contributed by atoms with Gasteiger partial charge in [0.2, 0.25) is 5.95 Å². The van der Waals surface area contributed by atoms with Gasteiger partial charge in [0.05, 0.1) is 25.0 Å². The molecule has 1 aliphatic heterocycles. The summed E-state index contributed by atoms with van der Waals surface area (Å²) >= 11 is 0. The van der Waals surface area contributed by atoms with Gasteiger partial charge in [0, 0.05) is 5.70 Å². The van der Waals surface area contributed by atoms with E-state index in [1.54, 1.807) is 11.8 Å². The van der Waals surface area contributed by atoms with E-state index in [0.717, 1.165) is 11.3 Å². The third-order valence-corrected chi connectivity index (χ3v) is 4.91. The Morgan fingerprint density at radius 1 is 1.20 bits per heavy atom. The van der Waals surface area contributed by atoms with Gasteiger partial charge in [-0.1, -0.05) is 24.3 Å². The van der Waals surface area contributed by atoms with E-state index < -0.39 is 6.04 Å². The molecule has 0 unspecified atom stereocenters. The van der Waals surface area contributed by atoms with Crippen LogP contribution < -0.4 is 20.1 Å². The third kappa shape index (κ3) is 3.59. The van der Waals surface area contributed by atoms with Gasteiger partial charge in [-0.15, -0.1) is 0 Å². The predicted octanol–water partition coefficient (Wildman–Crippen LogP) is 3.61. The Hall–Kier alpha value is -3.81. The number of amides is 1. The highest BCUT2D eigenvalue weighted by atomic mass is 16.5. The van der Waals surface area contributed by atoms with E-state index in [1.165, 1.54) is 6.33 Å². The molecule has 8 heteroatoms. The molecule has 2 heterocycles. The molecule has 1 aromatic heterocycles. The first-order valence-electron chi connectivity index (χ1n) is 9.66. The molecule has 30 heavy (non-hydrogen) atoms. The van der Waals surface area contributed by atoms with E-state index in [4.69, 9.17) is 9.47 Å². The summed E-state index contributed by atoms with van der Waals surface area (Å²) in [7, 11) is 1.62. The van der Waals surface area contributed by atoms with E-state index in [9.17, 15) is 4.79 Å². The molecule has 0 saturated heterocycles. The van der Waals surface area contributed by atoms with Gasteiger partial charge in [-0.05, 0) is 43.7 Å². The summed E-state index contributed by atoms with van der Waals surface area (Å²) in [6, 6.07) is 14.5. The van der Waals surface area contributed by atoms with Gasteiger partial charge in [-0.2, -0.15) is 10.1 Å². The van der Waals surface area contributed by atoms with E-state index in [0.29, 0.717) is 35.3 Å². The van der Waals surface area contributed by atoms with Gasteiger partial charge >= 0.3 is 0 Å². The first-order valence-corrected chi connectivity index (χ1v) is 9.66. The van der Waals surface area contributed by atoms with Crippen LogP contribution in [-0.2, 0) is 4.79 Å². The molecule has 0 saturated carbocycles. The fraction of sp³-hybridized carbons (Fsp3) is 0.227. The SMILES string of the molecule is CCOc1ccccc1NC(=O)C1=C(C)Nc2ncnn2[C@@H]1c1ccc(OC)cc1. The molecular weight excluding hydrogens is 382 g/mol. The Labute approximate surface area is 174 Å². The molecule has 3 aromatic rings. The number of methoxy groups -OCH3 is 1. The molecule has 8 nitrogen and oxygen atoms in total. The molecule has 154 valence electrons. The van der Waals surface area contributed by atoms with Crippen molar-refractivity contribution in [2.24, 2.45) is 0 Å². The summed E-state index contributed by atoms with van der Waals surface area (Å²) in [5.74, 6) is 1.70. The smallest absolute Gasteiger partial charge is 0.255 e. The number of carbonyl (C=O) groups excluding carboxylic acids is 1. The summed E-state index contributed by atoms with van der Waals surface area (Å²) in [6.07, 6.45) is 1.47. The highest BCUT2D eigenvalue weighted by molar-refractivity contribution is 6.06. The zero-order chi connectivity index (χ0) is 21.1. The van der Waals surface area contributed by atoms with E-state index in [2.05, 4.69) is 20.7 Å². The largest absolute Gasteiger partial charge is 0.497 e. The molecule has 2 N–H and O–H groups in total. The average Bonchev–Trinajstić information content (AvgIpc) is 3.22. The van der Waals surface area contributed by atoms with Gasteiger partial charge in [0.25, 0.3) is 5.91 Å². The molecule has 0 bridgehead atoms. The van der Waals surface area contributed by atoms with Crippen molar-refractivity contribution in [2.75, 3.05) is 24.4 Å². The van der Waals surface area contributed by atoms with Crippen LogP contribution >= 0.6 is 0 Å². The van der Waals surface area contributed by atoms with Crippen molar-refractivity contribution < 1.29 is 14.3 Å². The first-order chi connectivity index (χ1) is 14.6. The Morgan fingerprint density at radius 3 is 2.70 bits per heavy atom. The maximum Gasteiger partial charge on any atom is 0.255 e. The van der Waals surface area contributed by atoms with Crippen LogP contribution in [0, 0.1) is 0 Å². The number of nitrogens with one attached hydrogen (secondary N) is 2. The van der Waals surface area contributed by atoms with Crippen LogP contribution in [0.1, 0.15) is 25.5 Å². The molecule has 0 fully saturated rings. The summed E-state index contributed by atoms with van der Waals surface area (Å²) in [6.45, 7) is 4.27. The number of nitrogens with zero attached hydrogens (tertiary/aromatic N) is 3. The van der Waals surface area contributed by atoms with Gasteiger partial charge < -0.3 is 20.1 Å². The fourth-order valence-electron chi connectivity index (χ4n) is 3.52. The Kier molecular flexibility index (Phi) is 5.38. The Bertz CT molecular complexity index is 1090. The number of anilines is 2. The average molecular weight is 405 g/mol. The predicted molar refractivity (Wildman–Crippen MR) is 114 cm³/mol. The molecule has 0 aliphatic carbocycles. The molecule has 1 atom stereocenters. The lowest BCUT2D eigenvalue weighted by atomic mass is 9.95. The van der Waals surface area contributed by atoms with Crippen molar-refractivity contribution in [1.82, 2.24) is 14.8 Å². The second-order valence-corrected chi connectivity index (χ2v) is 6.75. The second-order valence-electron chi connectivity index (χ2n) is 6.75. The Morgan fingerprint density at radius 2 is 1.97 bits per heavy atom. The molecule has 4 rings (SSSR count). The van der Waals surface area contributed by atoms with Crippen molar-refractivity contribution in [3.63, 3.8) is 0 Å². The van der Waals surface area contributed by atoms with E-state index in [1.807, 2.05) is 62.4 Å². The number of fused-ring (bicyclic) bond motifs is 1. The molecular formula is C22H23N5O3. The quantitative estimate of drug-likeness (QED) is 0.651.